The third-order valence-electron chi connectivity index (χ3n) is 2.37. The molecule has 0 saturated heterocycles. The van der Waals surface area contributed by atoms with Crippen molar-refractivity contribution < 1.29 is 19.1 Å². The van der Waals surface area contributed by atoms with E-state index < -0.39 is 12.2 Å². The quantitative estimate of drug-likeness (QED) is 0.847. The van der Waals surface area contributed by atoms with Gasteiger partial charge >= 0.3 is 12.2 Å². The maximum absolute atomic E-state index is 11.4. The highest BCUT2D eigenvalue weighted by Crippen LogP contribution is 2.08. The second-order valence-electron chi connectivity index (χ2n) is 3.94. The van der Waals surface area contributed by atoms with Gasteiger partial charge in [-0.05, 0) is 24.3 Å². The highest BCUT2D eigenvalue weighted by molar-refractivity contribution is 5.73. The number of carbonyl (C=O) groups excluding carboxylic acids is 2. The van der Waals surface area contributed by atoms with Crippen molar-refractivity contribution in [3.05, 3.63) is 60.7 Å². The molecule has 0 aliphatic carbocycles. The third-order valence-corrected chi connectivity index (χ3v) is 2.37. The Bertz CT molecular complexity index is 534. The van der Waals surface area contributed by atoms with Gasteiger partial charge in [-0.1, -0.05) is 36.4 Å². The van der Waals surface area contributed by atoms with Gasteiger partial charge in [0.1, 0.15) is 11.5 Å². The van der Waals surface area contributed by atoms with Crippen LogP contribution in [0.2, 0.25) is 0 Å². The lowest BCUT2D eigenvalue weighted by Crippen LogP contribution is -2.39. The van der Waals surface area contributed by atoms with E-state index in [1.165, 1.54) is 0 Å². The lowest BCUT2D eigenvalue weighted by Gasteiger charge is -2.08. The molecule has 0 radical (unpaired) electrons. The summed E-state index contributed by atoms with van der Waals surface area (Å²) in [6, 6.07) is 17.2. The highest BCUT2D eigenvalue weighted by Gasteiger charge is 2.06. The standard InChI is InChI=1S/C15H14N2O4/c18-14(20-12-7-3-1-4-8-12)16-11-17-15(19)21-13-9-5-2-6-10-13/h1-10H,11H2,(H,16,18)(H,17,19). The largest absolute Gasteiger partial charge is 0.413 e. The van der Waals surface area contributed by atoms with Gasteiger partial charge in [-0.25, -0.2) is 9.59 Å². The summed E-state index contributed by atoms with van der Waals surface area (Å²) in [5.74, 6) is 0.837. The Morgan fingerprint density at radius 1 is 0.714 bits per heavy atom. The van der Waals surface area contributed by atoms with E-state index in [1.54, 1.807) is 48.5 Å². The summed E-state index contributed by atoms with van der Waals surface area (Å²) in [6.45, 7) is -0.0999. The van der Waals surface area contributed by atoms with E-state index in [2.05, 4.69) is 10.6 Å². The molecule has 108 valence electrons. The van der Waals surface area contributed by atoms with Crippen LogP contribution in [-0.4, -0.2) is 18.9 Å². The van der Waals surface area contributed by atoms with Crippen molar-refractivity contribution >= 4 is 12.2 Å². The van der Waals surface area contributed by atoms with E-state index in [0.717, 1.165) is 0 Å². The molecule has 0 atom stereocenters. The van der Waals surface area contributed by atoms with E-state index >= 15 is 0 Å². The number of amides is 2. The molecule has 6 nitrogen and oxygen atoms in total. The van der Waals surface area contributed by atoms with Gasteiger partial charge in [-0.15, -0.1) is 0 Å². The van der Waals surface area contributed by atoms with Gasteiger partial charge in [0.05, 0.1) is 6.67 Å². The fourth-order valence-electron chi connectivity index (χ4n) is 1.45. The first kappa shape index (κ1) is 14.4. The van der Waals surface area contributed by atoms with Gasteiger partial charge in [0.25, 0.3) is 0 Å². The number of rotatable bonds is 4. The summed E-state index contributed by atoms with van der Waals surface area (Å²) >= 11 is 0. The summed E-state index contributed by atoms with van der Waals surface area (Å²) in [5.41, 5.74) is 0. The SMILES string of the molecule is O=C(NCNC(=O)Oc1ccccc1)Oc1ccccc1. The van der Waals surface area contributed by atoms with Crippen molar-refractivity contribution in [2.45, 2.75) is 0 Å². The Kier molecular flexibility index (Phi) is 5.17. The number of para-hydroxylation sites is 2. The molecule has 21 heavy (non-hydrogen) atoms. The first-order valence-electron chi connectivity index (χ1n) is 6.25. The van der Waals surface area contributed by atoms with Crippen LogP contribution in [0.5, 0.6) is 11.5 Å². The minimum atomic E-state index is -0.666. The van der Waals surface area contributed by atoms with Crippen LogP contribution in [-0.2, 0) is 0 Å². The Morgan fingerprint density at radius 3 is 1.48 bits per heavy atom. The summed E-state index contributed by atoms with van der Waals surface area (Å²) in [6.07, 6.45) is -1.33. The van der Waals surface area contributed by atoms with Crippen molar-refractivity contribution in [3.8, 4) is 11.5 Å². The lowest BCUT2D eigenvalue weighted by molar-refractivity contribution is 0.192. The second-order valence-corrected chi connectivity index (χ2v) is 3.94. The molecule has 0 aliphatic rings. The molecule has 2 aromatic rings. The van der Waals surface area contributed by atoms with Gasteiger partial charge in [0, 0.05) is 0 Å². The maximum Gasteiger partial charge on any atom is 0.413 e. The van der Waals surface area contributed by atoms with Crippen LogP contribution in [0.15, 0.2) is 60.7 Å². The molecule has 0 heterocycles. The molecule has 0 saturated carbocycles. The average molecular weight is 286 g/mol. The van der Waals surface area contributed by atoms with Gasteiger partial charge in [-0.3, -0.25) is 0 Å². The van der Waals surface area contributed by atoms with Crippen molar-refractivity contribution in [2.24, 2.45) is 0 Å². The molecular weight excluding hydrogens is 272 g/mol. The highest BCUT2D eigenvalue weighted by atomic mass is 16.6. The molecule has 2 N–H and O–H groups in total. The van der Waals surface area contributed by atoms with E-state index in [1.807, 2.05) is 12.1 Å². The zero-order valence-corrected chi connectivity index (χ0v) is 11.1. The number of hydrogen-bond donors (Lipinski definition) is 2. The van der Waals surface area contributed by atoms with Crippen molar-refractivity contribution in [3.63, 3.8) is 0 Å². The number of ether oxygens (including phenoxy) is 2. The van der Waals surface area contributed by atoms with Crippen molar-refractivity contribution in [1.82, 2.24) is 10.6 Å². The number of benzene rings is 2. The van der Waals surface area contributed by atoms with Gasteiger partial charge in [0.15, 0.2) is 0 Å². The fraction of sp³-hybridized carbons (Fsp3) is 0.0667. The summed E-state index contributed by atoms with van der Waals surface area (Å²) in [7, 11) is 0. The minimum absolute atomic E-state index is 0.0999. The Balaban J connectivity index is 1.67. The molecule has 2 aromatic carbocycles. The zero-order valence-electron chi connectivity index (χ0n) is 11.1. The number of carbonyl (C=O) groups is 2. The molecule has 2 amide bonds. The molecule has 6 heteroatoms. The zero-order chi connectivity index (χ0) is 14.9. The Labute approximate surface area is 121 Å². The summed E-state index contributed by atoms with van der Waals surface area (Å²) < 4.78 is 9.94. The summed E-state index contributed by atoms with van der Waals surface area (Å²) in [4.78, 5) is 22.9. The smallest absolute Gasteiger partial charge is 0.410 e. The molecule has 0 unspecified atom stereocenters. The van der Waals surface area contributed by atoms with Crippen LogP contribution >= 0.6 is 0 Å². The van der Waals surface area contributed by atoms with Crippen LogP contribution in [0.1, 0.15) is 0 Å². The third kappa shape index (κ3) is 5.23. The van der Waals surface area contributed by atoms with Crippen LogP contribution in [0.3, 0.4) is 0 Å². The first-order valence-corrected chi connectivity index (χ1v) is 6.25. The van der Waals surface area contributed by atoms with Crippen LogP contribution in [0.25, 0.3) is 0 Å². The number of nitrogens with one attached hydrogen (secondary N) is 2. The molecule has 0 bridgehead atoms. The molecule has 0 spiro atoms. The summed E-state index contributed by atoms with van der Waals surface area (Å²) in [5, 5.41) is 4.75. The van der Waals surface area contributed by atoms with E-state index in [-0.39, 0.29) is 6.67 Å². The maximum atomic E-state index is 11.4. The first-order chi connectivity index (χ1) is 10.2. The average Bonchev–Trinajstić information content (AvgIpc) is 2.49. The Hall–Kier alpha value is -3.02. The molecular formula is C15H14N2O4. The molecule has 0 fully saturated rings. The van der Waals surface area contributed by atoms with Crippen LogP contribution in [0, 0.1) is 0 Å². The fourth-order valence-corrected chi connectivity index (χ4v) is 1.45. The van der Waals surface area contributed by atoms with Crippen LogP contribution < -0.4 is 20.1 Å². The Morgan fingerprint density at radius 2 is 1.10 bits per heavy atom. The van der Waals surface area contributed by atoms with Gasteiger partial charge < -0.3 is 20.1 Å². The van der Waals surface area contributed by atoms with E-state index in [9.17, 15) is 9.59 Å². The van der Waals surface area contributed by atoms with Gasteiger partial charge in [0.2, 0.25) is 0 Å². The predicted octanol–water partition coefficient (Wildman–Crippen LogP) is 2.52. The normalized spacial score (nSPS) is 9.52. The predicted molar refractivity (Wildman–Crippen MR) is 76.1 cm³/mol. The van der Waals surface area contributed by atoms with Crippen molar-refractivity contribution in [2.75, 3.05) is 6.67 Å². The van der Waals surface area contributed by atoms with E-state index in [4.69, 9.17) is 9.47 Å². The molecule has 0 aliphatic heterocycles. The second kappa shape index (κ2) is 7.54. The monoisotopic (exact) mass is 286 g/mol. The molecule has 0 aromatic heterocycles. The van der Waals surface area contributed by atoms with Crippen molar-refractivity contribution in [1.29, 1.82) is 0 Å². The minimum Gasteiger partial charge on any atom is -0.410 e. The lowest BCUT2D eigenvalue weighted by atomic mass is 10.3. The van der Waals surface area contributed by atoms with Crippen LogP contribution in [0.4, 0.5) is 9.59 Å². The topological polar surface area (TPSA) is 76.7 Å². The molecule has 2 rings (SSSR count). The van der Waals surface area contributed by atoms with Gasteiger partial charge in [-0.2, -0.15) is 0 Å². The van der Waals surface area contributed by atoms with E-state index in [0.29, 0.717) is 11.5 Å². The number of hydrogen-bond acceptors (Lipinski definition) is 4.